The number of hydrogen-bond acceptors (Lipinski definition) is 8. The van der Waals surface area contributed by atoms with Crippen molar-refractivity contribution in [1.82, 2.24) is 35.1 Å². The SMILES string of the molecule is CNc1cc(/C(=C/CNCc2cccc(CO)c2)c2cnn(Cc3cccc(O)c3)c2)c2nnn(C(c3ccccc3)(c3ccccc3)c3ccccc3)c2n1. The molecule has 56 heavy (non-hydrogen) atoms. The number of pyridine rings is 1. The van der Waals surface area contributed by atoms with Gasteiger partial charge in [0.25, 0.3) is 0 Å². The van der Waals surface area contributed by atoms with Crippen molar-refractivity contribution in [3.8, 4) is 5.75 Å². The third-order valence-corrected chi connectivity index (χ3v) is 10.0. The first kappa shape index (κ1) is 36.1. The number of anilines is 1. The van der Waals surface area contributed by atoms with Crippen molar-refractivity contribution in [2.75, 3.05) is 18.9 Å². The molecule has 10 nitrogen and oxygen atoms in total. The number of aliphatic hydroxyl groups is 1. The summed E-state index contributed by atoms with van der Waals surface area (Å²) in [4.78, 5) is 5.17. The van der Waals surface area contributed by atoms with E-state index in [1.165, 1.54) is 0 Å². The van der Waals surface area contributed by atoms with Crippen LogP contribution in [0.5, 0.6) is 5.75 Å². The fourth-order valence-corrected chi connectivity index (χ4v) is 7.41. The van der Waals surface area contributed by atoms with E-state index in [9.17, 15) is 10.2 Å². The van der Waals surface area contributed by atoms with Crippen LogP contribution >= 0.6 is 0 Å². The molecule has 5 aromatic carbocycles. The van der Waals surface area contributed by atoms with E-state index in [4.69, 9.17) is 20.4 Å². The summed E-state index contributed by atoms with van der Waals surface area (Å²) < 4.78 is 3.83. The number of aromatic nitrogens is 6. The molecular formula is C46H42N8O2. The molecule has 0 atom stereocenters. The minimum atomic E-state index is -0.921. The highest BCUT2D eigenvalue weighted by Gasteiger charge is 2.41. The number of rotatable bonds is 14. The molecular weight excluding hydrogens is 697 g/mol. The number of nitrogens with one attached hydrogen (secondary N) is 2. The van der Waals surface area contributed by atoms with Gasteiger partial charge >= 0.3 is 0 Å². The van der Waals surface area contributed by atoms with Gasteiger partial charge in [0.15, 0.2) is 5.65 Å². The van der Waals surface area contributed by atoms with Crippen LogP contribution in [0.1, 0.15) is 44.5 Å². The molecule has 278 valence electrons. The van der Waals surface area contributed by atoms with Gasteiger partial charge in [0.1, 0.15) is 22.6 Å². The highest BCUT2D eigenvalue weighted by molar-refractivity contribution is 5.94. The molecule has 8 rings (SSSR count). The van der Waals surface area contributed by atoms with E-state index in [1.807, 2.05) is 89.5 Å². The number of phenolic OH excluding ortho intramolecular Hbond substituents is 1. The zero-order chi connectivity index (χ0) is 38.3. The van der Waals surface area contributed by atoms with E-state index in [2.05, 4.69) is 89.5 Å². The normalized spacial score (nSPS) is 11.9. The van der Waals surface area contributed by atoms with E-state index < -0.39 is 5.54 Å². The van der Waals surface area contributed by atoms with Gasteiger partial charge in [-0.3, -0.25) is 4.68 Å². The zero-order valence-electron chi connectivity index (χ0n) is 31.0. The smallest absolute Gasteiger partial charge is 0.182 e. The van der Waals surface area contributed by atoms with Gasteiger partial charge in [0.2, 0.25) is 0 Å². The van der Waals surface area contributed by atoms with Crippen LogP contribution in [-0.2, 0) is 25.2 Å². The molecule has 3 aromatic heterocycles. The lowest BCUT2D eigenvalue weighted by molar-refractivity contribution is 0.281. The quantitative estimate of drug-likeness (QED) is 0.0674. The van der Waals surface area contributed by atoms with Crippen molar-refractivity contribution in [1.29, 1.82) is 0 Å². The topological polar surface area (TPSA) is 126 Å². The Balaban J connectivity index is 1.30. The lowest BCUT2D eigenvalue weighted by atomic mass is 9.77. The largest absolute Gasteiger partial charge is 0.508 e. The number of phenols is 1. The Hall–Kier alpha value is -6.88. The Morgan fingerprint density at radius 3 is 2.04 bits per heavy atom. The van der Waals surface area contributed by atoms with Gasteiger partial charge in [-0.15, -0.1) is 5.10 Å². The van der Waals surface area contributed by atoms with E-state index in [0.717, 1.165) is 50.1 Å². The van der Waals surface area contributed by atoms with E-state index in [0.29, 0.717) is 36.6 Å². The number of benzene rings is 5. The molecule has 0 spiro atoms. The van der Waals surface area contributed by atoms with Crippen LogP contribution in [0.3, 0.4) is 0 Å². The average Bonchev–Trinajstić information content (AvgIpc) is 3.90. The first-order valence-electron chi connectivity index (χ1n) is 18.6. The number of aliphatic hydroxyl groups excluding tert-OH is 1. The monoisotopic (exact) mass is 738 g/mol. The van der Waals surface area contributed by atoms with Crippen molar-refractivity contribution in [2.24, 2.45) is 0 Å². The van der Waals surface area contributed by atoms with Gasteiger partial charge in [-0.05, 0) is 57.2 Å². The summed E-state index contributed by atoms with van der Waals surface area (Å²) in [5, 5.41) is 41.3. The molecule has 0 aliphatic carbocycles. The van der Waals surface area contributed by atoms with E-state index in [1.54, 1.807) is 12.1 Å². The van der Waals surface area contributed by atoms with Crippen molar-refractivity contribution in [3.63, 3.8) is 0 Å². The molecule has 8 aromatic rings. The molecule has 3 heterocycles. The third-order valence-electron chi connectivity index (χ3n) is 10.0. The molecule has 0 radical (unpaired) electrons. The van der Waals surface area contributed by atoms with E-state index >= 15 is 0 Å². The highest BCUT2D eigenvalue weighted by atomic mass is 16.3. The molecule has 4 N–H and O–H groups in total. The van der Waals surface area contributed by atoms with Gasteiger partial charge in [0, 0.05) is 37.5 Å². The van der Waals surface area contributed by atoms with Crippen molar-refractivity contribution >= 4 is 22.6 Å². The maximum absolute atomic E-state index is 10.1. The summed E-state index contributed by atoms with van der Waals surface area (Å²) in [6.07, 6.45) is 6.02. The fourth-order valence-electron chi connectivity index (χ4n) is 7.41. The van der Waals surface area contributed by atoms with Gasteiger partial charge < -0.3 is 20.8 Å². The van der Waals surface area contributed by atoms with Crippen LogP contribution in [0.2, 0.25) is 0 Å². The number of nitrogens with zero attached hydrogens (tertiary/aromatic N) is 6. The molecule has 0 amide bonds. The molecule has 0 unspecified atom stereocenters. The predicted molar refractivity (Wildman–Crippen MR) is 220 cm³/mol. The van der Waals surface area contributed by atoms with Crippen molar-refractivity contribution in [3.05, 3.63) is 209 Å². The molecule has 0 saturated carbocycles. The number of hydrogen-bond donors (Lipinski definition) is 4. The minimum Gasteiger partial charge on any atom is -0.508 e. The number of aromatic hydroxyl groups is 1. The standard InChI is InChI=1S/C46H42N8O2/c1-47-43-27-42(41(23-24-48-28-33-13-11-15-35(25-33)32-55)36-29-49-53(31-36)30-34-14-12-22-40(56)26-34)44-45(50-43)54(52-51-44)46(37-16-5-2-6-17-37,38-18-7-3-8-19-38)39-20-9-4-10-21-39/h2-23,25-27,29,31,48,55-56H,24,28,30,32H2,1H3,(H,47,50)/b41-23+. The summed E-state index contributed by atoms with van der Waals surface area (Å²) in [7, 11) is 1.86. The molecule has 0 aliphatic rings. The average molecular weight is 739 g/mol. The highest BCUT2D eigenvalue weighted by Crippen LogP contribution is 2.42. The first-order valence-corrected chi connectivity index (χ1v) is 18.6. The minimum absolute atomic E-state index is 0.00287. The van der Waals surface area contributed by atoms with Crippen LogP contribution in [0, 0.1) is 0 Å². The molecule has 0 fully saturated rings. The Labute approximate surface area is 325 Å². The lowest BCUT2D eigenvalue weighted by Crippen LogP contribution is -2.38. The Bertz CT molecular complexity index is 2490. The van der Waals surface area contributed by atoms with Crippen LogP contribution in [0.25, 0.3) is 16.7 Å². The van der Waals surface area contributed by atoms with Crippen molar-refractivity contribution in [2.45, 2.75) is 25.2 Å². The lowest BCUT2D eigenvalue weighted by Gasteiger charge is -2.36. The Morgan fingerprint density at radius 1 is 0.750 bits per heavy atom. The van der Waals surface area contributed by atoms with E-state index in [-0.39, 0.29) is 12.4 Å². The van der Waals surface area contributed by atoms with Gasteiger partial charge in [0.05, 0.1) is 19.3 Å². The second kappa shape index (κ2) is 16.2. The summed E-state index contributed by atoms with van der Waals surface area (Å²) >= 11 is 0. The van der Waals surface area contributed by atoms with Gasteiger partial charge in [-0.2, -0.15) is 5.10 Å². The summed E-state index contributed by atoms with van der Waals surface area (Å²) in [5.74, 6) is 0.872. The molecule has 10 heteroatoms. The third kappa shape index (κ3) is 7.18. The van der Waals surface area contributed by atoms with Crippen LogP contribution in [0.4, 0.5) is 5.82 Å². The summed E-state index contributed by atoms with van der Waals surface area (Å²) in [6.45, 7) is 1.63. The molecule has 0 bridgehead atoms. The van der Waals surface area contributed by atoms with Crippen LogP contribution in [-0.4, -0.2) is 53.6 Å². The van der Waals surface area contributed by atoms with Gasteiger partial charge in [-0.1, -0.05) is 139 Å². The molecule has 0 aliphatic heterocycles. The Kier molecular flexibility index (Phi) is 10.5. The maximum atomic E-state index is 10.1. The maximum Gasteiger partial charge on any atom is 0.182 e. The number of fused-ring (bicyclic) bond motifs is 1. The first-order chi connectivity index (χ1) is 27.6. The summed E-state index contributed by atoms with van der Waals surface area (Å²) in [5.41, 5.74) is 8.89. The van der Waals surface area contributed by atoms with Crippen molar-refractivity contribution < 1.29 is 10.2 Å². The summed E-state index contributed by atoms with van der Waals surface area (Å²) in [6, 6.07) is 48.3. The van der Waals surface area contributed by atoms with Crippen LogP contribution < -0.4 is 10.6 Å². The molecule has 0 saturated heterocycles. The Morgan fingerprint density at radius 2 is 1.39 bits per heavy atom. The van der Waals surface area contributed by atoms with Crippen LogP contribution in [0.15, 0.2) is 164 Å². The van der Waals surface area contributed by atoms with Gasteiger partial charge in [-0.25, -0.2) is 9.67 Å². The second-order valence-electron chi connectivity index (χ2n) is 13.6. The fraction of sp³-hybridized carbons (Fsp3) is 0.130. The predicted octanol–water partition coefficient (Wildman–Crippen LogP) is 7.37. The second-order valence-corrected chi connectivity index (χ2v) is 13.6. The zero-order valence-corrected chi connectivity index (χ0v) is 31.0.